The standard InChI is InChI=1S/C11H12O/c1-8(2)9-3-4-10-6-12-7-11(10)5-9/h3-8H,1-2H3. The van der Waals surface area contributed by atoms with Gasteiger partial charge in [-0.2, -0.15) is 0 Å². The minimum atomic E-state index is 0.587. The van der Waals surface area contributed by atoms with E-state index in [0.29, 0.717) is 5.92 Å². The molecule has 0 unspecified atom stereocenters. The number of fused-ring (bicyclic) bond motifs is 1. The molecule has 0 saturated heterocycles. The highest BCUT2D eigenvalue weighted by molar-refractivity contribution is 5.81. The Morgan fingerprint density at radius 1 is 1.08 bits per heavy atom. The quantitative estimate of drug-likeness (QED) is 0.621. The van der Waals surface area contributed by atoms with Gasteiger partial charge in [-0.25, -0.2) is 0 Å². The van der Waals surface area contributed by atoms with E-state index in [1.165, 1.54) is 16.3 Å². The number of benzene rings is 1. The zero-order valence-electron chi connectivity index (χ0n) is 7.37. The lowest BCUT2D eigenvalue weighted by atomic mass is 10.0. The van der Waals surface area contributed by atoms with Gasteiger partial charge in [-0.3, -0.25) is 0 Å². The van der Waals surface area contributed by atoms with Gasteiger partial charge in [0.05, 0.1) is 12.5 Å². The lowest BCUT2D eigenvalue weighted by Gasteiger charge is -2.03. The molecule has 1 aromatic carbocycles. The molecule has 0 bridgehead atoms. The van der Waals surface area contributed by atoms with Crippen LogP contribution in [0.4, 0.5) is 0 Å². The van der Waals surface area contributed by atoms with E-state index in [2.05, 4.69) is 32.0 Å². The number of hydrogen-bond donors (Lipinski definition) is 0. The van der Waals surface area contributed by atoms with Gasteiger partial charge < -0.3 is 4.42 Å². The van der Waals surface area contributed by atoms with Gasteiger partial charge in [-0.1, -0.05) is 26.0 Å². The molecule has 0 aliphatic heterocycles. The van der Waals surface area contributed by atoms with Crippen LogP contribution in [0.2, 0.25) is 0 Å². The highest BCUT2D eigenvalue weighted by Crippen LogP contribution is 2.21. The molecule has 62 valence electrons. The van der Waals surface area contributed by atoms with Gasteiger partial charge in [0.1, 0.15) is 0 Å². The van der Waals surface area contributed by atoms with Gasteiger partial charge in [-0.05, 0) is 17.5 Å². The van der Waals surface area contributed by atoms with E-state index in [9.17, 15) is 0 Å². The smallest absolute Gasteiger partial charge is 0.0981 e. The fraction of sp³-hybridized carbons (Fsp3) is 0.273. The Morgan fingerprint density at radius 3 is 2.58 bits per heavy atom. The van der Waals surface area contributed by atoms with Crippen molar-refractivity contribution in [1.82, 2.24) is 0 Å². The second-order valence-electron chi connectivity index (χ2n) is 3.41. The third-order valence-electron chi connectivity index (χ3n) is 2.17. The van der Waals surface area contributed by atoms with E-state index in [1.54, 1.807) is 12.5 Å². The van der Waals surface area contributed by atoms with Crippen molar-refractivity contribution in [3.05, 3.63) is 36.3 Å². The molecule has 0 saturated carbocycles. The van der Waals surface area contributed by atoms with E-state index in [0.717, 1.165) is 0 Å². The average Bonchev–Trinajstić information content (AvgIpc) is 2.49. The molecule has 0 atom stereocenters. The molecule has 2 aromatic rings. The van der Waals surface area contributed by atoms with Gasteiger partial charge in [0, 0.05) is 10.8 Å². The van der Waals surface area contributed by atoms with Gasteiger partial charge in [0.15, 0.2) is 0 Å². The summed E-state index contributed by atoms with van der Waals surface area (Å²) in [6.07, 6.45) is 3.57. The van der Waals surface area contributed by atoms with Crippen molar-refractivity contribution in [3.8, 4) is 0 Å². The highest BCUT2D eigenvalue weighted by atomic mass is 16.3. The Balaban J connectivity index is 2.60. The highest BCUT2D eigenvalue weighted by Gasteiger charge is 2.00. The first-order chi connectivity index (χ1) is 5.77. The maximum absolute atomic E-state index is 5.10. The van der Waals surface area contributed by atoms with E-state index in [1.807, 2.05) is 0 Å². The van der Waals surface area contributed by atoms with E-state index in [-0.39, 0.29) is 0 Å². The van der Waals surface area contributed by atoms with Crippen molar-refractivity contribution in [2.24, 2.45) is 0 Å². The summed E-state index contributed by atoms with van der Waals surface area (Å²) in [6.45, 7) is 4.39. The molecule has 1 heteroatoms. The zero-order chi connectivity index (χ0) is 8.55. The van der Waals surface area contributed by atoms with Crippen molar-refractivity contribution in [2.75, 3.05) is 0 Å². The predicted octanol–water partition coefficient (Wildman–Crippen LogP) is 3.56. The topological polar surface area (TPSA) is 13.1 Å². The maximum atomic E-state index is 5.10. The number of rotatable bonds is 1. The van der Waals surface area contributed by atoms with Crippen LogP contribution in [0.1, 0.15) is 25.3 Å². The molecule has 0 amide bonds. The molecule has 1 heterocycles. The van der Waals surface area contributed by atoms with Crippen LogP contribution in [-0.4, -0.2) is 0 Å². The number of furan rings is 1. The Bertz CT molecular complexity index is 385. The molecular formula is C11H12O. The molecule has 0 aliphatic carbocycles. The van der Waals surface area contributed by atoms with Crippen molar-refractivity contribution >= 4 is 10.8 Å². The van der Waals surface area contributed by atoms with Crippen LogP contribution in [0.5, 0.6) is 0 Å². The summed E-state index contributed by atoms with van der Waals surface area (Å²) in [4.78, 5) is 0. The van der Waals surface area contributed by atoms with Crippen molar-refractivity contribution < 1.29 is 4.42 Å². The molecule has 12 heavy (non-hydrogen) atoms. The Morgan fingerprint density at radius 2 is 1.83 bits per heavy atom. The van der Waals surface area contributed by atoms with E-state index >= 15 is 0 Å². The third kappa shape index (κ3) is 1.11. The minimum Gasteiger partial charge on any atom is -0.471 e. The van der Waals surface area contributed by atoms with Gasteiger partial charge >= 0.3 is 0 Å². The van der Waals surface area contributed by atoms with E-state index in [4.69, 9.17) is 4.42 Å². The second kappa shape index (κ2) is 2.67. The molecule has 2 rings (SSSR count). The summed E-state index contributed by atoms with van der Waals surface area (Å²) in [5.74, 6) is 0.587. The molecule has 1 aromatic heterocycles. The van der Waals surface area contributed by atoms with Crippen LogP contribution in [-0.2, 0) is 0 Å². The molecule has 0 fully saturated rings. The summed E-state index contributed by atoms with van der Waals surface area (Å²) in [7, 11) is 0. The average molecular weight is 160 g/mol. The van der Waals surface area contributed by atoms with Gasteiger partial charge in [0.25, 0.3) is 0 Å². The van der Waals surface area contributed by atoms with Crippen LogP contribution >= 0.6 is 0 Å². The summed E-state index contributed by atoms with van der Waals surface area (Å²) >= 11 is 0. The fourth-order valence-corrected chi connectivity index (χ4v) is 1.34. The van der Waals surface area contributed by atoms with Gasteiger partial charge in [0.2, 0.25) is 0 Å². The monoisotopic (exact) mass is 160 g/mol. The molecule has 0 spiro atoms. The van der Waals surface area contributed by atoms with Crippen LogP contribution in [0.3, 0.4) is 0 Å². The normalized spacial score (nSPS) is 11.2. The Kier molecular flexibility index (Phi) is 1.65. The first-order valence-corrected chi connectivity index (χ1v) is 4.23. The lowest BCUT2D eigenvalue weighted by molar-refractivity contribution is 0.572. The van der Waals surface area contributed by atoms with Gasteiger partial charge in [-0.15, -0.1) is 0 Å². The van der Waals surface area contributed by atoms with Crippen LogP contribution < -0.4 is 0 Å². The SMILES string of the molecule is CC(C)c1ccc2cocc2c1. The first-order valence-electron chi connectivity index (χ1n) is 4.23. The maximum Gasteiger partial charge on any atom is 0.0981 e. The summed E-state index contributed by atoms with van der Waals surface area (Å²) in [5.41, 5.74) is 1.36. The van der Waals surface area contributed by atoms with Crippen molar-refractivity contribution in [1.29, 1.82) is 0 Å². The van der Waals surface area contributed by atoms with Crippen LogP contribution in [0.15, 0.2) is 35.1 Å². The minimum absolute atomic E-state index is 0.587. The van der Waals surface area contributed by atoms with Crippen LogP contribution in [0, 0.1) is 0 Å². The molecule has 0 aliphatic rings. The largest absolute Gasteiger partial charge is 0.471 e. The zero-order valence-corrected chi connectivity index (χ0v) is 7.37. The Labute approximate surface area is 72.0 Å². The van der Waals surface area contributed by atoms with E-state index < -0.39 is 0 Å². The second-order valence-corrected chi connectivity index (χ2v) is 3.41. The van der Waals surface area contributed by atoms with Crippen LogP contribution in [0.25, 0.3) is 10.8 Å². The lowest BCUT2D eigenvalue weighted by Crippen LogP contribution is -1.84. The Hall–Kier alpha value is -1.24. The van der Waals surface area contributed by atoms with Crippen molar-refractivity contribution in [2.45, 2.75) is 19.8 Å². The summed E-state index contributed by atoms with van der Waals surface area (Å²) in [5, 5.41) is 2.38. The molecule has 0 N–H and O–H groups in total. The summed E-state index contributed by atoms with van der Waals surface area (Å²) < 4.78 is 5.10. The molecule has 0 radical (unpaired) electrons. The number of hydrogen-bond acceptors (Lipinski definition) is 1. The third-order valence-corrected chi connectivity index (χ3v) is 2.17. The first kappa shape index (κ1) is 7.41. The molecular weight excluding hydrogens is 148 g/mol. The summed E-state index contributed by atoms with van der Waals surface area (Å²) in [6, 6.07) is 6.44. The molecule has 1 nitrogen and oxygen atoms in total. The fourth-order valence-electron chi connectivity index (χ4n) is 1.34. The van der Waals surface area contributed by atoms with Crippen molar-refractivity contribution in [3.63, 3.8) is 0 Å². The predicted molar refractivity (Wildman–Crippen MR) is 50.3 cm³/mol.